The number of thioether (sulfide) groups is 1. The fraction of sp³-hybridized carbons (Fsp3) is 0.562. The fourth-order valence-electron chi connectivity index (χ4n) is 3.85. The van der Waals surface area contributed by atoms with Crippen LogP contribution in [0.3, 0.4) is 0 Å². The highest BCUT2D eigenvalue weighted by atomic mass is 32.2. The van der Waals surface area contributed by atoms with Gasteiger partial charge in [0.05, 0.1) is 6.10 Å². The van der Waals surface area contributed by atoms with Crippen molar-refractivity contribution < 1.29 is 38.2 Å². The van der Waals surface area contributed by atoms with Crippen molar-refractivity contribution in [3.8, 4) is 11.4 Å². The maximum absolute atomic E-state index is 13.5. The molecule has 2 atom stereocenters. The van der Waals surface area contributed by atoms with Crippen LogP contribution in [0.2, 0.25) is 0 Å². The zero-order valence-corrected chi connectivity index (χ0v) is 31.5. The van der Waals surface area contributed by atoms with Crippen LogP contribution in [-0.2, 0) is 23.8 Å². The van der Waals surface area contributed by atoms with Crippen molar-refractivity contribution in [2.45, 2.75) is 97.6 Å². The highest BCUT2D eigenvalue weighted by Crippen LogP contribution is 2.21. The van der Waals surface area contributed by atoms with E-state index in [1.807, 2.05) is 30.3 Å². The van der Waals surface area contributed by atoms with Crippen molar-refractivity contribution in [3.05, 3.63) is 30.3 Å². The molecule has 2 rings (SSSR count). The average Bonchev–Trinajstić information content (AvgIpc) is 3.44. The van der Waals surface area contributed by atoms with Crippen molar-refractivity contribution in [2.75, 3.05) is 23.9 Å². The molecule has 1 aromatic heterocycles. The van der Waals surface area contributed by atoms with Crippen molar-refractivity contribution >= 4 is 64.5 Å². The van der Waals surface area contributed by atoms with Crippen LogP contribution in [0.15, 0.2) is 35.3 Å². The zero-order valence-electron chi connectivity index (χ0n) is 29.9. The number of aromatic nitrogens is 2. The van der Waals surface area contributed by atoms with E-state index in [0.29, 0.717) is 5.82 Å². The van der Waals surface area contributed by atoms with E-state index in [4.69, 9.17) is 14.2 Å². The topological polar surface area (TPSA) is 211 Å². The first-order valence-corrected chi connectivity index (χ1v) is 18.0. The van der Waals surface area contributed by atoms with Gasteiger partial charge in [-0.3, -0.25) is 30.5 Å². The first-order valence-electron chi connectivity index (χ1n) is 15.9. The number of carbonyl (C=O) groups is 5. The Morgan fingerprint density at radius 2 is 1.46 bits per heavy atom. The number of guanidine groups is 1. The molecule has 2 aromatic rings. The summed E-state index contributed by atoms with van der Waals surface area (Å²) in [6, 6.07) is 7.12. The molecular formula is C32H48N8O8S2. The fourth-order valence-corrected chi connectivity index (χ4v) is 5.01. The molecule has 0 fully saturated rings. The summed E-state index contributed by atoms with van der Waals surface area (Å²) in [7, 11) is 0. The van der Waals surface area contributed by atoms with Crippen molar-refractivity contribution in [1.82, 2.24) is 30.6 Å². The van der Waals surface area contributed by atoms with Gasteiger partial charge in [-0.15, -0.1) is 0 Å². The number of amides is 5. The van der Waals surface area contributed by atoms with Gasteiger partial charge in [-0.1, -0.05) is 30.3 Å². The third-order valence-electron chi connectivity index (χ3n) is 5.77. The molecule has 1 heterocycles. The molecule has 16 nitrogen and oxygen atoms in total. The summed E-state index contributed by atoms with van der Waals surface area (Å²) < 4.78 is 20.0. The number of anilines is 1. The van der Waals surface area contributed by atoms with Gasteiger partial charge in [-0.2, -0.15) is 21.1 Å². The van der Waals surface area contributed by atoms with Crippen LogP contribution in [0.5, 0.6) is 0 Å². The number of rotatable bonds is 13. The van der Waals surface area contributed by atoms with Gasteiger partial charge in [-0.25, -0.2) is 14.4 Å². The van der Waals surface area contributed by atoms with Crippen LogP contribution in [0.4, 0.5) is 19.5 Å². The van der Waals surface area contributed by atoms with Crippen LogP contribution in [0.1, 0.15) is 68.2 Å². The Balaban J connectivity index is 2.25. The first-order chi connectivity index (χ1) is 23.3. The monoisotopic (exact) mass is 736 g/mol. The maximum Gasteiger partial charge on any atom is 0.414 e. The minimum atomic E-state index is -1.10. The van der Waals surface area contributed by atoms with E-state index >= 15 is 0 Å². The molecule has 5 N–H and O–H groups in total. The second kappa shape index (κ2) is 19.7. The summed E-state index contributed by atoms with van der Waals surface area (Å²) >= 11 is 2.30. The standard InChI is InChI=1S/C32H48N8O8S2/c1-19(2)46-28(43)35-22(18-49-9)25(42)34-21(24(41)37-27-36-23(40-50-27)20-14-11-10-12-15-20)16-13-17-33-26(38-29(44)47-31(3,4)5)39-30(45)48-32(6,7)8/h10-12,14-15,19,21-22H,13,16-18H2,1-9H3,(H,34,42)(H,35,43)(H,36,37,40,41)(H2,33,38,39,44,45)/t21?,22-/m0/s1. The van der Waals surface area contributed by atoms with E-state index in [-0.39, 0.29) is 36.2 Å². The molecule has 0 bridgehead atoms. The second-order valence-corrected chi connectivity index (χ2v) is 14.7. The lowest BCUT2D eigenvalue weighted by molar-refractivity contribution is -0.127. The number of ether oxygens (including phenoxy) is 3. The van der Waals surface area contributed by atoms with Crippen LogP contribution >= 0.6 is 23.3 Å². The summed E-state index contributed by atoms with van der Waals surface area (Å²) in [6.07, 6.45) is -0.839. The van der Waals surface area contributed by atoms with Crippen molar-refractivity contribution in [1.29, 1.82) is 0 Å². The van der Waals surface area contributed by atoms with Gasteiger partial charge in [0.25, 0.3) is 0 Å². The van der Waals surface area contributed by atoms with Gasteiger partial charge in [0.1, 0.15) is 23.3 Å². The lowest BCUT2D eigenvalue weighted by atomic mass is 10.1. The molecule has 0 radical (unpaired) electrons. The number of nitrogens with zero attached hydrogens (tertiary/aromatic N) is 3. The lowest BCUT2D eigenvalue weighted by Gasteiger charge is -2.23. The molecule has 0 aliphatic carbocycles. The third-order valence-corrected chi connectivity index (χ3v) is 7.06. The summed E-state index contributed by atoms with van der Waals surface area (Å²) in [6.45, 7) is 13.5. The Labute approximate surface area is 300 Å². The van der Waals surface area contributed by atoms with E-state index in [9.17, 15) is 24.0 Å². The predicted octanol–water partition coefficient (Wildman–Crippen LogP) is 4.68. The van der Waals surface area contributed by atoms with Gasteiger partial charge in [0.15, 0.2) is 5.82 Å². The van der Waals surface area contributed by atoms with Crippen LogP contribution < -0.4 is 26.6 Å². The molecule has 0 saturated heterocycles. The lowest BCUT2D eigenvalue weighted by Crippen LogP contribution is -2.53. The van der Waals surface area contributed by atoms with E-state index in [0.717, 1.165) is 17.1 Å². The highest BCUT2D eigenvalue weighted by Gasteiger charge is 2.28. The molecule has 5 amide bonds. The highest BCUT2D eigenvalue weighted by molar-refractivity contribution is 7.98. The molecule has 50 heavy (non-hydrogen) atoms. The van der Waals surface area contributed by atoms with Gasteiger partial charge < -0.3 is 24.8 Å². The van der Waals surface area contributed by atoms with Gasteiger partial charge >= 0.3 is 18.3 Å². The van der Waals surface area contributed by atoms with Crippen LogP contribution in [-0.4, -0.2) is 93.4 Å². The number of alkyl carbamates (subject to hydrolysis) is 3. The molecule has 0 aliphatic heterocycles. The number of hydrogen-bond donors (Lipinski definition) is 5. The molecular weight excluding hydrogens is 689 g/mol. The SMILES string of the molecule is CSC[C@H](NC(=O)OC(C)C)C(=O)NC(CCCN=C(NC(=O)OC(C)(C)C)NC(=O)OC(C)(C)C)C(=O)Nc1nc(-c2ccccc2)ns1. The summed E-state index contributed by atoms with van der Waals surface area (Å²) in [5.41, 5.74) is -0.867. The molecule has 276 valence electrons. The second-order valence-electron chi connectivity index (χ2n) is 13.1. The summed E-state index contributed by atoms with van der Waals surface area (Å²) in [5.74, 6) is -0.774. The molecule has 1 aromatic carbocycles. The Kier molecular flexibility index (Phi) is 16.4. The minimum absolute atomic E-state index is 0.00471. The molecule has 0 spiro atoms. The minimum Gasteiger partial charge on any atom is -0.447 e. The van der Waals surface area contributed by atoms with Gasteiger partial charge in [0, 0.05) is 29.4 Å². The van der Waals surface area contributed by atoms with Crippen LogP contribution in [0.25, 0.3) is 11.4 Å². The smallest absolute Gasteiger partial charge is 0.414 e. The number of benzene rings is 1. The summed E-state index contributed by atoms with van der Waals surface area (Å²) in [4.78, 5) is 72.8. The Morgan fingerprint density at radius 3 is 2.00 bits per heavy atom. The quantitative estimate of drug-likeness (QED) is 0.0825. The molecule has 1 unspecified atom stereocenters. The van der Waals surface area contributed by atoms with Crippen molar-refractivity contribution in [2.24, 2.45) is 4.99 Å². The Morgan fingerprint density at radius 1 is 0.860 bits per heavy atom. The maximum atomic E-state index is 13.5. The average molecular weight is 737 g/mol. The number of carbonyl (C=O) groups excluding carboxylic acids is 5. The predicted molar refractivity (Wildman–Crippen MR) is 193 cm³/mol. The van der Waals surface area contributed by atoms with Crippen LogP contribution in [0, 0.1) is 0 Å². The molecule has 0 saturated carbocycles. The van der Waals surface area contributed by atoms with Gasteiger partial charge in [0.2, 0.25) is 22.9 Å². The molecule has 18 heteroatoms. The summed E-state index contributed by atoms with van der Waals surface area (Å²) in [5, 5.41) is 13.0. The Bertz CT molecular complexity index is 1440. The van der Waals surface area contributed by atoms with Crippen molar-refractivity contribution in [3.63, 3.8) is 0 Å². The van der Waals surface area contributed by atoms with E-state index in [2.05, 4.69) is 40.9 Å². The zero-order chi connectivity index (χ0) is 37.5. The Hall–Kier alpha value is -4.45. The third kappa shape index (κ3) is 16.8. The largest absolute Gasteiger partial charge is 0.447 e. The van der Waals surface area contributed by atoms with E-state index in [1.54, 1.807) is 61.6 Å². The van der Waals surface area contributed by atoms with Gasteiger partial charge in [-0.05, 0) is 74.5 Å². The normalized spacial score (nSPS) is 12.5. The number of aliphatic imine (C=N–C) groups is 1. The molecule has 0 aliphatic rings. The van der Waals surface area contributed by atoms with E-state index < -0.39 is 59.5 Å². The first kappa shape index (κ1) is 41.7. The number of hydrogen-bond acceptors (Lipinski definition) is 13. The van der Waals surface area contributed by atoms with E-state index in [1.165, 1.54) is 11.8 Å². The number of nitrogens with one attached hydrogen (secondary N) is 5.